The number of carbonyl (C=O) groups excluding carboxylic acids is 2. The van der Waals surface area contributed by atoms with Crippen LogP contribution in [0.1, 0.15) is 69.5 Å². The van der Waals surface area contributed by atoms with Crippen molar-refractivity contribution < 1.29 is 9.59 Å². The molecule has 1 fully saturated rings. The van der Waals surface area contributed by atoms with E-state index in [1.807, 2.05) is 70.2 Å². The van der Waals surface area contributed by atoms with Crippen molar-refractivity contribution in [2.24, 2.45) is 0 Å². The molecule has 0 unspecified atom stereocenters. The van der Waals surface area contributed by atoms with Crippen LogP contribution in [0, 0.1) is 18.3 Å². The van der Waals surface area contributed by atoms with Gasteiger partial charge in [0.05, 0.1) is 17.2 Å². The van der Waals surface area contributed by atoms with Crippen molar-refractivity contribution in [3.63, 3.8) is 0 Å². The highest BCUT2D eigenvalue weighted by Gasteiger charge is 2.25. The van der Waals surface area contributed by atoms with Crippen LogP contribution in [0.4, 0.5) is 11.5 Å². The molecule has 0 spiro atoms. The van der Waals surface area contributed by atoms with Crippen molar-refractivity contribution >= 4 is 23.3 Å². The van der Waals surface area contributed by atoms with Crippen molar-refractivity contribution in [2.45, 2.75) is 39.0 Å². The summed E-state index contributed by atoms with van der Waals surface area (Å²) in [6.45, 7) is 6.06. The number of nitrogens with one attached hydrogen (secondary N) is 1. The number of imidazole rings is 1. The van der Waals surface area contributed by atoms with Gasteiger partial charge in [0.25, 0.3) is 11.8 Å². The van der Waals surface area contributed by atoms with E-state index in [0.29, 0.717) is 47.2 Å². The van der Waals surface area contributed by atoms with Crippen LogP contribution in [-0.2, 0) is 0 Å². The number of anilines is 2. The number of nitriles is 1. The SMILES string of the molecule is CCCN(c1ccc(C(=O)Nc2cc(C(=O)N3CCC(c4ccc(C#N)cc4)CC3)ccc2C)cn1)n1ccnc1. The van der Waals surface area contributed by atoms with Crippen LogP contribution in [0.5, 0.6) is 0 Å². The third-order valence-corrected chi connectivity index (χ3v) is 7.51. The second kappa shape index (κ2) is 12.5. The average molecular weight is 548 g/mol. The van der Waals surface area contributed by atoms with Crippen molar-refractivity contribution in [2.75, 3.05) is 30.0 Å². The molecular weight excluding hydrogens is 514 g/mol. The quantitative estimate of drug-likeness (QED) is 0.316. The van der Waals surface area contributed by atoms with Gasteiger partial charge in [-0.25, -0.2) is 14.6 Å². The van der Waals surface area contributed by atoms with Gasteiger partial charge in [-0.05, 0) is 79.6 Å². The van der Waals surface area contributed by atoms with Gasteiger partial charge in [-0.3, -0.25) is 14.6 Å². The maximum atomic E-state index is 13.4. The minimum absolute atomic E-state index is 0.0414. The zero-order valence-corrected chi connectivity index (χ0v) is 23.3. The van der Waals surface area contributed by atoms with Crippen LogP contribution < -0.4 is 10.3 Å². The lowest BCUT2D eigenvalue weighted by atomic mass is 9.89. The first kappa shape index (κ1) is 27.6. The van der Waals surface area contributed by atoms with Gasteiger partial charge < -0.3 is 10.2 Å². The molecule has 1 saturated heterocycles. The monoisotopic (exact) mass is 547 g/mol. The Kier molecular flexibility index (Phi) is 8.39. The molecule has 0 saturated carbocycles. The number of amides is 2. The number of hydrogen-bond acceptors (Lipinski definition) is 6. The highest BCUT2D eigenvalue weighted by Crippen LogP contribution is 2.29. The molecule has 208 valence electrons. The average Bonchev–Trinajstić information content (AvgIpc) is 3.56. The Labute approximate surface area is 240 Å². The summed E-state index contributed by atoms with van der Waals surface area (Å²) in [7, 11) is 0. The number of likely N-dealkylation sites (tertiary alicyclic amines) is 1. The summed E-state index contributed by atoms with van der Waals surface area (Å²) in [6, 6.07) is 18.9. The molecule has 0 radical (unpaired) electrons. The highest BCUT2D eigenvalue weighted by atomic mass is 16.2. The molecule has 9 nitrogen and oxygen atoms in total. The summed E-state index contributed by atoms with van der Waals surface area (Å²) in [5, 5.41) is 14.0. The van der Waals surface area contributed by atoms with Crippen molar-refractivity contribution in [1.29, 1.82) is 5.26 Å². The normalized spacial score (nSPS) is 13.4. The van der Waals surface area contributed by atoms with Crippen LogP contribution in [0.3, 0.4) is 0 Å². The van der Waals surface area contributed by atoms with Crippen LogP contribution >= 0.6 is 0 Å². The summed E-state index contributed by atoms with van der Waals surface area (Å²) in [6.07, 6.45) is 9.50. The van der Waals surface area contributed by atoms with Gasteiger partial charge in [-0.1, -0.05) is 25.1 Å². The summed E-state index contributed by atoms with van der Waals surface area (Å²) in [4.78, 5) is 37.0. The number of benzene rings is 2. The Morgan fingerprint density at radius 1 is 1.07 bits per heavy atom. The lowest BCUT2D eigenvalue weighted by molar-refractivity contribution is 0.0712. The predicted octanol–water partition coefficient (Wildman–Crippen LogP) is 5.41. The third-order valence-electron chi connectivity index (χ3n) is 7.51. The smallest absolute Gasteiger partial charge is 0.257 e. The van der Waals surface area contributed by atoms with E-state index in [0.717, 1.165) is 31.4 Å². The number of hydrogen-bond donors (Lipinski definition) is 1. The van der Waals surface area contributed by atoms with Gasteiger partial charge in [-0.2, -0.15) is 5.26 Å². The summed E-state index contributed by atoms with van der Waals surface area (Å²) in [5.41, 5.74) is 4.31. The first-order valence-corrected chi connectivity index (χ1v) is 13.9. The topological polar surface area (TPSA) is 107 Å². The van der Waals surface area contributed by atoms with Crippen LogP contribution in [0.2, 0.25) is 0 Å². The Hall–Kier alpha value is -4.97. The molecule has 4 aromatic rings. The fourth-order valence-corrected chi connectivity index (χ4v) is 5.14. The Bertz CT molecular complexity index is 1530. The Balaban J connectivity index is 1.23. The first-order chi connectivity index (χ1) is 20.0. The van der Waals surface area contributed by atoms with E-state index in [1.165, 1.54) is 5.56 Å². The van der Waals surface area contributed by atoms with Crippen molar-refractivity contribution in [1.82, 2.24) is 19.5 Å². The van der Waals surface area contributed by atoms with Gasteiger partial charge in [-0.15, -0.1) is 0 Å². The number of nitrogens with zero attached hydrogens (tertiary/aromatic N) is 6. The van der Waals surface area contributed by atoms with E-state index in [9.17, 15) is 9.59 Å². The molecule has 2 amide bonds. The number of aromatic nitrogens is 3. The largest absolute Gasteiger partial charge is 0.339 e. The summed E-state index contributed by atoms with van der Waals surface area (Å²) < 4.78 is 1.87. The van der Waals surface area contributed by atoms with E-state index in [-0.39, 0.29) is 11.8 Å². The highest BCUT2D eigenvalue weighted by molar-refractivity contribution is 6.05. The standard InChI is InChI=1S/C32H33N7O2/c1-3-15-39(38-18-14-34-22-38)30-11-10-28(21-35-30)31(40)36-29-19-27(7-4-23(29)2)32(41)37-16-12-26(13-17-37)25-8-5-24(20-33)6-9-25/h4-11,14,18-19,21-22,26H,3,12-13,15-17H2,1-2H3,(H,36,40). The fourth-order valence-electron chi connectivity index (χ4n) is 5.14. The van der Waals surface area contributed by atoms with Crippen molar-refractivity contribution in [3.8, 4) is 6.07 Å². The zero-order chi connectivity index (χ0) is 28.8. The molecule has 0 aliphatic carbocycles. The number of aryl methyl sites for hydroxylation is 1. The van der Waals surface area contributed by atoms with Gasteiger partial charge in [0.1, 0.15) is 12.1 Å². The molecule has 0 atom stereocenters. The number of pyridine rings is 1. The molecule has 0 bridgehead atoms. The van der Waals surface area contributed by atoms with Gasteiger partial charge >= 0.3 is 0 Å². The molecule has 41 heavy (non-hydrogen) atoms. The lowest BCUT2D eigenvalue weighted by Gasteiger charge is -2.32. The second-order valence-corrected chi connectivity index (χ2v) is 10.3. The van der Waals surface area contributed by atoms with Gasteiger partial charge in [0, 0.05) is 49.5 Å². The minimum Gasteiger partial charge on any atom is -0.339 e. The van der Waals surface area contributed by atoms with E-state index in [4.69, 9.17) is 5.26 Å². The zero-order valence-electron chi connectivity index (χ0n) is 23.3. The third kappa shape index (κ3) is 6.28. The lowest BCUT2D eigenvalue weighted by Crippen LogP contribution is -2.38. The molecule has 3 heterocycles. The van der Waals surface area contributed by atoms with E-state index in [2.05, 4.69) is 28.3 Å². The number of rotatable bonds is 8. The maximum Gasteiger partial charge on any atom is 0.257 e. The first-order valence-electron chi connectivity index (χ1n) is 13.9. The number of piperidine rings is 1. The van der Waals surface area contributed by atoms with Crippen LogP contribution in [-0.4, -0.2) is 51.0 Å². The fraction of sp³-hybridized carbons (Fsp3) is 0.281. The van der Waals surface area contributed by atoms with E-state index in [1.54, 1.807) is 30.9 Å². The van der Waals surface area contributed by atoms with E-state index >= 15 is 0 Å². The molecule has 9 heteroatoms. The molecule has 1 aliphatic rings. The number of carbonyl (C=O) groups is 2. The molecule has 2 aromatic carbocycles. The second-order valence-electron chi connectivity index (χ2n) is 10.3. The van der Waals surface area contributed by atoms with Crippen LogP contribution in [0.15, 0.2) is 79.5 Å². The van der Waals surface area contributed by atoms with Crippen LogP contribution in [0.25, 0.3) is 0 Å². The van der Waals surface area contributed by atoms with E-state index < -0.39 is 0 Å². The van der Waals surface area contributed by atoms with Crippen molar-refractivity contribution in [3.05, 3.63) is 107 Å². The van der Waals surface area contributed by atoms with Gasteiger partial charge in [0.2, 0.25) is 0 Å². The molecule has 1 N–H and O–H groups in total. The summed E-state index contributed by atoms with van der Waals surface area (Å²) >= 11 is 0. The molecule has 2 aromatic heterocycles. The van der Waals surface area contributed by atoms with Gasteiger partial charge in [0.15, 0.2) is 0 Å². The molecule has 1 aliphatic heterocycles. The summed E-state index contributed by atoms with van der Waals surface area (Å²) in [5.74, 6) is 0.756. The minimum atomic E-state index is -0.287. The maximum absolute atomic E-state index is 13.4. The molecular formula is C32H33N7O2. The predicted molar refractivity (Wildman–Crippen MR) is 158 cm³/mol. The Morgan fingerprint density at radius 2 is 1.83 bits per heavy atom. The molecule has 5 rings (SSSR count). The Morgan fingerprint density at radius 3 is 2.46 bits per heavy atom.